The lowest BCUT2D eigenvalue weighted by atomic mass is 10.1. The van der Waals surface area contributed by atoms with Crippen molar-refractivity contribution < 1.29 is 9.21 Å². The summed E-state index contributed by atoms with van der Waals surface area (Å²) in [4.78, 5) is 18.0. The van der Waals surface area contributed by atoms with Crippen LogP contribution in [0.25, 0.3) is 6.08 Å². The molecular formula is C14H16N4O2. The average Bonchev–Trinajstić information content (AvgIpc) is 3.18. The van der Waals surface area contributed by atoms with E-state index in [0.29, 0.717) is 12.3 Å². The molecular weight excluding hydrogens is 256 g/mol. The van der Waals surface area contributed by atoms with Gasteiger partial charge in [-0.2, -0.15) is 5.10 Å². The van der Waals surface area contributed by atoms with Gasteiger partial charge in [0.1, 0.15) is 18.4 Å². The summed E-state index contributed by atoms with van der Waals surface area (Å²) < 4.78 is 7.00. The summed E-state index contributed by atoms with van der Waals surface area (Å²) in [5.41, 5.74) is 0. The van der Waals surface area contributed by atoms with Crippen LogP contribution < -0.4 is 0 Å². The number of furan rings is 1. The van der Waals surface area contributed by atoms with E-state index in [9.17, 15) is 4.79 Å². The molecule has 2 aromatic rings. The van der Waals surface area contributed by atoms with E-state index in [4.69, 9.17) is 4.42 Å². The van der Waals surface area contributed by atoms with Gasteiger partial charge in [0.25, 0.3) is 0 Å². The highest BCUT2D eigenvalue weighted by Gasteiger charge is 2.23. The van der Waals surface area contributed by atoms with Crippen LogP contribution in [0.4, 0.5) is 0 Å². The number of carbonyl (C=O) groups is 1. The van der Waals surface area contributed by atoms with Gasteiger partial charge >= 0.3 is 0 Å². The maximum absolute atomic E-state index is 12.2. The SMILES string of the molecule is O=C(/C=C\c1ccco1)N1CCC[C@@H](n2cncn2)C1. The van der Waals surface area contributed by atoms with E-state index in [2.05, 4.69) is 10.1 Å². The molecule has 6 nitrogen and oxygen atoms in total. The molecule has 2 aromatic heterocycles. The van der Waals surface area contributed by atoms with Gasteiger partial charge in [-0.25, -0.2) is 9.67 Å². The van der Waals surface area contributed by atoms with E-state index >= 15 is 0 Å². The summed E-state index contributed by atoms with van der Waals surface area (Å²) in [6, 6.07) is 3.83. The molecule has 0 spiro atoms. The fraction of sp³-hybridized carbons (Fsp3) is 0.357. The molecule has 20 heavy (non-hydrogen) atoms. The predicted molar refractivity (Wildman–Crippen MR) is 72.6 cm³/mol. The topological polar surface area (TPSA) is 64.2 Å². The Bertz CT molecular complexity index is 574. The van der Waals surface area contributed by atoms with E-state index < -0.39 is 0 Å². The summed E-state index contributed by atoms with van der Waals surface area (Å²) in [5, 5.41) is 4.15. The van der Waals surface area contributed by atoms with Gasteiger partial charge < -0.3 is 9.32 Å². The van der Waals surface area contributed by atoms with Gasteiger partial charge in [-0.05, 0) is 31.1 Å². The highest BCUT2D eigenvalue weighted by Crippen LogP contribution is 2.20. The van der Waals surface area contributed by atoms with Crippen molar-refractivity contribution in [3.63, 3.8) is 0 Å². The third-order valence-corrected chi connectivity index (χ3v) is 3.45. The Labute approximate surface area is 116 Å². The Kier molecular flexibility index (Phi) is 3.62. The number of piperidine rings is 1. The minimum Gasteiger partial charge on any atom is -0.465 e. The second kappa shape index (κ2) is 5.73. The lowest BCUT2D eigenvalue weighted by Crippen LogP contribution is -2.40. The number of hydrogen-bond acceptors (Lipinski definition) is 4. The molecule has 1 fully saturated rings. The van der Waals surface area contributed by atoms with Crippen LogP contribution in [-0.4, -0.2) is 38.7 Å². The van der Waals surface area contributed by atoms with Gasteiger partial charge in [0, 0.05) is 19.2 Å². The van der Waals surface area contributed by atoms with Crippen LogP contribution >= 0.6 is 0 Å². The third-order valence-electron chi connectivity index (χ3n) is 3.45. The van der Waals surface area contributed by atoms with Crippen molar-refractivity contribution in [2.24, 2.45) is 0 Å². The molecule has 6 heteroatoms. The van der Waals surface area contributed by atoms with Gasteiger partial charge in [-0.3, -0.25) is 4.79 Å². The van der Waals surface area contributed by atoms with Crippen LogP contribution in [0, 0.1) is 0 Å². The fourth-order valence-electron chi connectivity index (χ4n) is 2.42. The molecule has 3 rings (SSSR count). The molecule has 0 saturated carbocycles. The predicted octanol–water partition coefficient (Wildman–Crippen LogP) is 1.75. The van der Waals surface area contributed by atoms with Crippen LogP contribution in [0.1, 0.15) is 24.6 Å². The van der Waals surface area contributed by atoms with Crippen molar-refractivity contribution in [1.29, 1.82) is 0 Å². The Balaban J connectivity index is 1.63. The molecule has 1 amide bonds. The summed E-state index contributed by atoms with van der Waals surface area (Å²) in [5.74, 6) is 0.689. The summed E-state index contributed by atoms with van der Waals surface area (Å²) in [6.07, 6.45) is 10.1. The first-order chi connectivity index (χ1) is 9.83. The van der Waals surface area contributed by atoms with Crippen molar-refractivity contribution in [1.82, 2.24) is 19.7 Å². The number of aromatic nitrogens is 3. The van der Waals surface area contributed by atoms with Crippen molar-refractivity contribution in [2.75, 3.05) is 13.1 Å². The maximum Gasteiger partial charge on any atom is 0.246 e. The van der Waals surface area contributed by atoms with Crippen molar-refractivity contribution in [2.45, 2.75) is 18.9 Å². The summed E-state index contributed by atoms with van der Waals surface area (Å²) >= 11 is 0. The lowest BCUT2D eigenvalue weighted by Gasteiger charge is -2.31. The zero-order valence-corrected chi connectivity index (χ0v) is 11.1. The van der Waals surface area contributed by atoms with E-state index in [1.54, 1.807) is 30.8 Å². The monoisotopic (exact) mass is 272 g/mol. The van der Waals surface area contributed by atoms with Gasteiger partial charge in [0.2, 0.25) is 5.91 Å². The fourth-order valence-corrected chi connectivity index (χ4v) is 2.42. The smallest absolute Gasteiger partial charge is 0.246 e. The zero-order valence-electron chi connectivity index (χ0n) is 11.1. The van der Waals surface area contributed by atoms with Gasteiger partial charge in [-0.1, -0.05) is 0 Å². The van der Waals surface area contributed by atoms with Crippen LogP contribution in [0.5, 0.6) is 0 Å². The van der Waals surface area contributed by atoms with Crippen LogP contribution in [0.2, 0.25) is 0 Å². The Morgan fingerprint density at radius 3 is 3.20 bits per heavy atom. The lowest BCUT2D eigenvalue weighted by molar-refractivity contribution is -0.127. The number of amides is 1. The molecule has 0 aromatic carbocycles. The first kappa shape index (κ1) is 12.7. The highest BCUT2D eigenvalue weighted by molar-refractivity contribution is 5.91. The largest absolute Gasteiger partial charge is 0.465 e. The van der Waals surface area contributed by atoms with Crippen LogP contribution in [0.3, 0.4) is 0 Å². The standard InChI is InChI=1S/C14H16N4O2/c19-14(6-5-13-4-2-8-20-13)17-7-1-3-12(9-17)18-11-15-10-16-18/h2,4-6,8,10-12H,1,3,7,9H2/b6-5-/t12-/m1/s1. The molecule has 1 aliphatic heterocycles. The molecule has 1 saturated heterocycles. The molecule has 0 aliphatic carbocycles. The minimum absolute atomic E-state index is 0.00575. The summed E-state index contributed by atoms with van der Waals surface area (Å²) in [7, 11) is 0. The number of nitrogens with zero attached hydrogens (tertiary/aromatic N) is 4. The van der Waals surface area contributed by atoms with Crippen LogP contribution in [-0.2, 0) is 4.79 Å². The first-order valence-corrected chi connectivity index (χ1v) is 6.67. The first-order valence-electron chi connectivity index (χ1n) is 6.67. The highest BCUT2D eigenvalue weighted by atomic mass is 16.3. The minimum atomic E-state index is 0.00575. The number of likely N-dealkylation sites (tertiary alicyclic amines) is 1. The molecule has 1 aliphatic rings. The molecule has 0 N–H and O–H groups in total. The second-order valence-electron chi connectivity index (χ2n) is 4.80. The molecule has 0 bridgehead atoms. The van der Waals surface area contributed by atoms with Crippen molar-refractivity contribution >= 4 is 12.0 Å². The Morgan fingerprint density at radius 1 is 1.50 bits per heavy atom. The molecule has 3 heterocycles. The third kappa shape index (κ3) is 2.79. The molecule has 0 unspecified atom stereocenters. The zero-order chi connectivity index (χ0) is 13.8. The quantitative estimate of drug-likeness (QED) is 0.798. The van der Waals surface area contributed by atoms with Crippen molar-refractivity contribution in [3.8, 4) is 0 Å². The number of rotatable bonds is 3. The average molecular weight is 272 g/mol. The molecule has 104 valence electrons. The molecule has 0 radical (unpaired) electrons. The van der Waals surface area contributed by atoms with E-state index in [1.165, 1.54) is 6.33 Å². The van der Waals surface area contributed by atoms with E-state index in [1.807, 2.05) is 15.6 Å². The van der Waals surface area contributed by atoms with Gasteiger partial charge in [0.05, 0.1) is 12.3 Å². The second-order valence-corrected chi connectivity index (χ2v) is 4.80. The van der Waals surface area contributed by atoms with Gasteiger partial charge in [0.15, 0.2) is 0 Å². The Hall–Kier alpha value is -2.37. The van der Waals surface area contributed by atoms with E-state index in [-0.39, 0.29) is 11.9 Å². The number of carbonyl (C=O) groups excluding carboxylic acids is 1. The van der Waals surface area contributed by atoms with Crippen molar-refractivity contribution in [3.05, 3.63) is 42.9 Å². The summed E-state index contributed by atoms with van der Waals surface area (Å²) in [6.45, 7) is 1.46. The van der Waals surface area contributed by atoms with Crippen LogP contribution in [0.15, 0.2) is 41.5 Å². The number of hydrogen-bond donors (Lipinski definition) is 0. The molecule has 1 atom stereocenters. The van der Waals surface area contributed by atoms with Gasteiger partial charge in [-0.15, -0.1) is 0 Å². The Morgan fingerprint density at radius 2 is 2.45 bits per heavy atom. The van der Waals surface area contributed by atoms with E-state index in [0.717, 1.165) is 19.4 Å². The maximum atomic E-state index is 12.2. The normalized spacial score (nSPS) is 19.6.